The van der Waals surface area contributed by atoms with E-state index in [-0.39, 0.29) is 5.56 Å². The van der Waals surface area contributed by atoms with Crippen molar-refractivity contribution in [3.05, 3.63) is 35.9 Å². The Balaban J connectivity index is 2.90. The van der Waals surface area contributed by atoms with Crippen molar-refractivity contribution in [3.8, 4) is 0 Å². The zero-order chi connectivity index (χ0) is 11.5. The fourth-order valence-corrected chi connectivity index (χ4v) is 1.26. The predicted molar refractivity (Wildman–Crippen MR) is 47.5 cm³/mol. The van der Waals surface area contributed by atoms with E-state index in [0.717, 1.165) is 0 Å². The molecule has 1 aromatic rings. The summed E-state index contributed by atoms with van der Waals surface area (Å²) >= 11 is 0. The van der Waals surface area contributed by atoms with Gasteiger partial charge in [0.25, 0.3) is 0 Å². The molecule has 0 bridgehead atoms. The third-order valence-corrected chi connectivity index (χ3v) is 1.94. The van der Waals surface area contributed by atoms with E-state index in [2.05, 4.69) is 0 Å². The van der Waals surface area contributed by atoms with Gasteiger partial charge in [-0.3, -0.25) is 4.79 Å². The molecule has 82 valence electrons. The van der Waals surface area contributed by atoms with Crippen molar-refractivity contribution in [1.29, 1.82) is 0 Å². The monoisotopic (exact) mass is 218 g/mol. The molecular formula is C10H9F3O2. The minimum Gasteiger partial charge on any atom is -0.481 e. The van der Waals surface area contributed by atoms with Gasteiger partial charge in [0, 0.05) is 0 Å². The average molecular weight is 218 g/mol. The summed E-state index contributed by atoms with van der Waals surface area (Å²) < 4.78 is 36.3. The summed E-state index contributed by atoms with van der Waals surface area (Å²) in [7, 11) is 0. The molecule has 5 heteroatoms. The number of halogens is 3. The summed E-state index contributed by atoms with van der Waals surface area (Å²) in [4.78, 5) is 10.7. The highest BCUT2D eigenvalue weighted by Gasteiger charge is 2.36. The summed E-state index contributed by atoms with van der Waals surface area (Å²) in [5, 5.41) is 8.69. The lowest BCUT2D eigenvalue weighted by atomic mass is 9.96. The Labute approximate surface area is 84.3 Å². The highest BCUT2D eigenvalue weighted by atomic mass is 19.4. The first-order chi connectivity index (χ1) is 6.90. The van der Waals surface area contributed by atoms with Gasteiger partial charge >= 0.3 is 12.1 Å². The smallest absolute Gasteiger partial charge is 0.390 e. The van der Waals surface area contributed by atoms with Gasteiger partial charge in [-0.1, -0.05) is 30.3 Å². The van der Waals surface area contributed by atoms with Crippen LogP contribution in [0, 0.1) is 0 Å². The van der Waals surface area contributed by atoms with Crippen LogP contribution in [0.1, 0.15) is 17.9 Å². The number of carbonyl (C=O) groups is 1. The first-order valence-corrected chi connectivity index (χ1v) is 4.24. The van der Waals surface area contributed by atoms with Crippen LogP contribution in [0.5, 0.6) is 0 Å². The molecule has 0 aliphatic rings. The van der Waals surface area contributed by atoms with E-state index in [9.17, 15) is 18.0 Å². The van der Waals surface area contributed by atoms with E-state index in [1.165, 1.54) is 24.3 Å². The molecule has 0 heterocycles. The highest BCUT2D eigenvalue weighted by molar-refractivity contribution is 5.76. The zero-order valence-electron chi connectivity index (χ0n) is 7.66. The molecule has 0 aliphatic carbocycles. The maximum Gasteiger partial charge on any atom is 0.390 e. The van der Waals surface area contributed by atoms with Gasteiger partial charge in [0.05, 0.1) is 12.3 Å². The van der Waals surface area contributed by atoms with Crippen LogP contribution in [0.2, 0.25) is 0 Å². The lowest BCUT2D eigenvalue weighted by molar-refractivity contribution is -0.157. The summed E-state index contributed by atoms with van der Waals surface area (Å²) in [5.74, 6) is -2.98. The standard InChI is InChI=1S/C10H9F3O2/c11-10(12,13)6-8(9(14)15)7-4-2-1-3-5-7/h1-5,8H,6H2,(H,14,15). The Bertz CT molecular complexity index is 332. The molecule has 15 heavy (non-hydrogen) atoms. The lowest BCUT2D eigenvalue weighted by Crippen LogP contribution is -2.20. The molecule has 0 aliphatic heterocycles. The Morgan fingerprint density at radius 3 is 2.20 bits per heavy atom. The molecule has 1 unspecified atom stereocenters. The summed E-state index contributed by atoms with van der Waals surface area (Å²) in [5.41, 5.74) is 0.169. The zero-order valence-corrected chi connectivity index (χ0v) is 7.66. The first-order valence-electron chi connectivity index (χ1n) is 4.24. The van der Waals surface area contributed by atoms with Gasteiger partial charge in [0.2, 0.25) is 0 Å². The summed E-state index contributed by atoms with van der Waals surface area (Å²) in [6.45, 7) is 0. The number of carboxylic acid groups (broad SMARTS) is 1. The summed E-state index contributed by atoms with van der Waals surface area (Å²) in [6, 6.07) is 7.41. The van der Waals surface area contributed by atoms with Crippen LogP contribution in [-0.2, 0) is 4.79 Å². The maximum absolute atomic E-state index is 12.1. The topological polar surface area (TPSA) is 37.3 Å². The number of aliphatic carboxylic acids is 1. The first kappa shape index (κ1) is 11.6. The van der Waals surface area contributed by atoms with Crippen molar-refractivity contribution in [1.82, 2.24) is 0 Å². The lowest BCUT2D eigenvalue weighted by Gasteiger charge is -2.14. The van der Waals surface area contributed by atoms with Gasteiger partial charge in [-0.25, -0.2) is 0 Å². The van der Waals surface area contributed by atoms with E-state index < -0.39 is 24.5 Å². The molecule has 0 saturated heterocycles. The number of alkyl halides is 3. The Kier molecular flexibility index (Phi) is 3.34. The maximum atomic E-state index is 12.1. The number of carboxylic acids is 1. The van der Waals surface area contributed by atoms with Crippen LogP contribution < -0.4 is 0 Å². The SMILES string of the molecule is O=C(O)C(CC(F)(F)F)c1ccccc1. The second-order valence-electron chi connectivity index (χ2n) is 3.12. The van der Waals surface area contributed by atoms with Gasteiger partial charge in [-0.15, -0.1) is 0 Å². The van der Waals surface area contributed by atoms with Crippen LogP contribution in [0.25, 0.3) is 0 Å². The minimum absolute atomic E-state index is 0.169. The van der Waals surface area contributed by atoms with Gasteiger partial charge in [0.1, 0.15) is 0 Å². The van der Waals surface area contributed by atoms with E-state index in [4.69, 9.17) is 5.11 Å². The molecule has 0 saturated carbocycles. The minimum atomic E-state index is -4.47. The van der Waals surface area contributed by atoms with Crippen LogP contribution in [0.3, 0.4) is 0 Å². The fourth-order valence-electron chi connectivity index (χ4n) is 1.26. The van der Waals surface area contributed by atoms with Gasteiger partial charge < -0.3 is 5.11 Å². The molecule has 2 nitrogen and oxygen atoms in total. The second kappa shape index (κ2) is 4.33. The third-order valence-electron chi connectivity index (χ3n) is 1.94. The number of hydrogen-bond donors (Lipinski definition) is 1. The largest absolute Gasteiger partial charge is 0.481 e. The van der Waals surface area contributed by atoms with Crippen molar-refractivity contribution < 1.29 is 23.1 Å². The number of benzene rings is 1. The predicted octanol–water partition coefficient (Wildman–Crippen LogP) is 2.81. The molecule has 1 rings (SSSR count). The molecule has 0 aromatic heterocycles. The molecule has 1 atom stereocenters. The van der Waals surface area contributed by atoms with E-state index >= 15 is 0 Å². The van der Waals surface area contributed by atoms with Gasteiger partial charge in [-0.2, -0.15) is 13.2 Å². The third kappa shape index (κ3) is 3.61. The molecule has 0 spiro atoms. The Morgan fingerprint density at radius 2 is 1.80 bits per heavy atom. The van der Waals surface area contributed by atoms with Crippen molar-refractivity contribution in [3.63, 3.8) is 0 Å². The van der Waals surface area contributed by atoms with Crippen LogP contribution >= 0.6 is 0 Å². The van der Waals surface area contributed by atoms with Crippen LogP contribution in [0.4, 0.5) is 13.2 Å². The summed E-state index contributed by atoms with van der Waals surface area (Å²) in [6.07, 6.45) is -5.81. The molecular weight excluding hydrogens is 209 g/mol. The molecule has 0 amide bonds. The number of rotatable bonds is 3. The highest BCUT2D eigenvalue weighted by Crippen LogP contribution is 2.31. The van der Waals surface area contributed by atoms with Crippen molar-refractivity contribution in [2.24, 2.45) is 0 Å². The second-order valence-corrected chi connectivity index (χ2v) is 3.12. The normalized spacial score (nSPS) is 13.5. The van der Waals surface area contributed by atoms with Crippen molar-refractivity contribution >= 4 is 5.97 Å². The van der Waals surface area contributed by atoms with Gasteiger partial charge in [-0.05, 0) is 5.56 Å². The fraction of sp³-hybridized carbons (Fsp3) is 0.300. The Morgan fingerprint density at radius 1 is 1.27 bits per heavy atom. The van der Waals surface area contributed by atoms with Gasteiger partial charge in [0.15, 0.2) is 0 Å². The van der Waals surface area contributed by atoms with Crippen LogP contribution in [0.15, 0.2) is 30.3 Å². The average Bonchev–Trinajstić information content (AvgIpc) is 2.14. The molecule has 0 fully saturated rings. The van der Waals surface area contributed by atoms with E-state index in [0.29, 0.717) is 0 Å². The Hall–Kier alpha value is -1.52. The molecule has 1 N–H and O–H groups in total. The van der Waals surface area contributed by atoms with E-state index in [1.54, 1.807) is 6.07 Å². The van der Waals surface area contributed by atoms with E-state index in [1.807, 2.05) is 0 Å². The molecule has 0 radical (unpaired) electrons. The van der Waals surface area contributed by atoms with Crippen molar-refractivity contribution in [2.45, 2.75) is 18.5 Å². The number of hydrogen-bond acceptors (Lipinski definition) is 1. The van der Waals surface area contributed by atoms with Crippen LogP contribution in [-0.4, -0.2) is 17.3 Å². The quantitative estimate of drug-likeness (QED) is 0.846. The molecule has 1 aromatic carbocycles. The van der Waals surface area contributed by atoms with Crippen molar-refractivity contribution in [2.75, 3.05) is 0 Å².